The summed E-state index contributed by atoms with van der Waals surface area (Å²) < 4.78 is 0. The van der Waals surface area contributed by atoms with Gasteiger partial charge in [0.2, 0.25) is 0 Å². The smallest absolute Gasteiger partial charge is 0.247 e. The van der Waals surface area contributed by atoms with Gasteiger partial charge in [0.15, 0.2) is 0 Å². The van der Waals surface area contributed by atoms with Crippen molar-refractivity contribution in [3.05, 3.63) is 13.8 Å². The van der Waals surface area contributed by atoms with Crippen molar-refractivity contribution >= 4 is 35.8 Å². The van der Waals surface area contributed by atoms with E-state index in [2.05, 4.69) is 41.5 Å². The Morgan fingerprint density at radius 3 is 0.903 bits per heavy atom. The van der Waals surface area contributed by atoms with Crippen LogP contribution in [0.1, 0.15) is 143 Å². The summed E-state index contributed by atoms with van der Waals surface area (Å²) in [6.45, 7) is 15.8. The molecule has 0 aliphatic carbocycles. The molecule has 4 nitrogen and oxygen atoms in total. The molecule has 0 fully saturated rings. The Balaban J connectivity index is -0.000000106. The predicted molar refractivity (Wildman–Crippen MR) is 134 cm³/mol. The zero-order valence-electron chi connectivity index (χ0n) is 21.3. The van der Waals surface area contributed by atoms with Crippen LogP contribution in [0.2, 0.25) is 0 Å². The first-order valence-electron chi connectivity index (χ1n) is 12.4. The van der Waals surface area contributed by atoms with Crippen molar-refractivity contribution < 1.29 is 19.8 Å². The Hall–Kier alpha value is -0.261. The minimum absolute atomic E-state index is 0. The van der Waals surface area contributed by atoms with Crippen LogP contribution in [0.3, 0.4) is 0 Å². The Morgan fingerprint density at radius 2 is 0.710 bits per heavy atom. The third-order valence-electron chi connectivity index (χ3n) is 4.18. The number of hydrogen-bond donors (Lipinski definition) is 0. The fourth-order valence-electron chi connectivity index (χ4n) is 2.10. The maximum Gasteiger partial charge on any atom is 0.355 e. The van der Waals surface area contributed by atoms with Crippen LogP contribution >= 0.6 is 0 Å². The normalized spacial score (nSPS) is 8.97. The van der Waals surface area contributed by atoms with Crippen LogP contribution in [0.4, 0.5) is 0 Å². The van der Waals surface area contributed by atoms with Gasteiger partial charge in [0.25, 0.3) is 0 Å². The van der Waals surface area contributed by atoms with Crippen molar-refractivity contribution in [1.29, 1.82) is 0 Å². The molecule has 0 aliphatic heterocycles. The molecule has 0 saturated carbocycles. The quantitative estimate of drug-likeness (QED) is 0.144. The van der Waals surface area contributed by atoms with Gasteiger partial charge in [-0.05, 0) is 12.8 Å². The Bertz CT molecular complexity index is 276. The Labute approximate surface area is 212 Å². The topological polar surface area (TPSA) is 73.9 Å². The van der Waals surface area contributed by atoms with Crippen LogP contribution < -0.4 is 0 Å². The van der Waals surface area contributed by atoms with E-state index >= 15 is 0 Å². The summed E-state index contributed by atoms with van der Waals surface area (Å²) >= 11 is 0. The van der Waals surface area contributed by atoms with Gasteiger partial charge in [0.05, 0.1) is 12.8 Å². The minimum atomic E-state index is -0.916. The summed E-state index contributed by atoms with van der Waals surface area (Å²) in [7, 11) is 0. The average Bonchev–Trinajstić information content (AvgIpc) is 2.73. The maximum atomic E-state index is 9.98. The average molecular weight is 547 g/mol. The van der Waals surface area contributed by atoms with E-state index in [0.717, 1.165) is 38.5 Å². The second kappa shape index (κ2) is 43.6. The summed E-state index contributed by atoms with van der Waals surface area (Å²) in [4.78, 5) is 20.0. The third kappa shape index (κ3) is 72.7. The molecule has 0 N–H and O–H groups in total. The first-order valence-corrected chi connectivity index (χ1v) is 12.4. The molecule has 0 bridgehead atoms. The largest absolute Gasteiger partial charge is 0.355 e. The number of hydrogen-bond acceptors (Lipinski definition) is 2. The van der Waals surface area contributed by atoms with E-state index in [1.807, 2.05) is 0 Å². The van der Waals surface area contributed by atoms with Crippen molar-refractivity contribution in [3.8, 4) is 0 Å². The van der Waals surface area contributed by atoms with Crippen LogP contribution in [0.5, 0.6) is 0 Å². The summed E-state index contributed by atoms with van der Waals surface area (Å²) in [6, 6.07) is 0. The number of carbonyl (C=O) groups excluding carboxylic acids is 2. The van der Waals surface area contributed by atoms with Crippen LogP contribution in [0, 0.1) is 13.8 Å². The first kappa shape index (κ1) is 41.0. The van der Waals surface area contributed by atoms with Gasteiger partial charge >= 0.3 is 11.9 Å². The van der Waals surface area contributed by atoms with E-state index in [-0.39, 0.29) is 36.7 Å². The minimum Gasteiger partial charge on any atom is -0.247 e. The molecular formula is C26H52O4Sn. The van der Waals surface area contributed by atoms with Gasteiger partial charge in [-0.25, -0.2) is 19.8 Å². The first-order chi connectivity index (χ1) is 14.4. The maximum absolute atomic E-state index is 9.98. The van der Waals surface area contributed by atoms with Crippen LogP contribution in [-0.2, 0) is 19.8 Å². The van der Waals surface area contributed by atoms with E-state index in [0.29, 0.717) is 0 Å². The standard InChI is InChI=1S/2C9H17O2.2C4H9.Sn/c2*1-2-3-4-5-6-7-8-9(10)11;2*1-3-4-2;/h2*2-8H2,1H3;2*1,3-4H2,2H3;. The Kier molecular flexibility index (Phi) is 57.7. The predicted octanol–water partition coefficient (Wildman–Crippen LogP) is 8.25. The molecule has 5 heteroatoms. The third-order valence-corrected chi connectivity index (χ3v) is 4.18. The molecule has 8 radical (unpaired) electrons. The van der Waals surface area contributed by atoms with E-state index in [4.69, 9.17) is 0 Å². The van der Waals surface area contributed by atoms with Crippen molar-refractivity contribution in [3.63, 3.8) is 0 Å². The summed E-state index contributed by atoms with van der Waals surface area (Å²) in [5.74, 6) is -1.83. The number of unbranched alkanes of at least 4 members (excludes halogenated alkanes) is 12. The van der Waals surface area contributed by atoms with E-state index in [1.54, 1.807) is 0 Å². The van der Waals surface area contributed by atoms with Crippen LogP contribution in [0.15, 0.2) is 0 Å². The fraction of sp³-hybridized carbons (Fsp3) is 0.846. The molecule has 0 heterocycles. The van der Waals surface area contributed by atoms with Gasteiger partial charge in [0.1, 0.15) is 0 Å². The molecule has 0 unspecified atom stereocenters. The van der Waals surface area contributed by atoms with Gasteiger partial charge in [-0.3, -0.25) is 0 Å². The molecule has 0 amide bonds. The van der Waals surface area contributed by atoms with Crippen molar-refractivity contribution in [2.45, 2.75) is 143 Å². The van der Waals surface area contributed by atoms with Crippen LogP contribution in [-0.4, -0.2) is 35.8 Å². The molecule has 0 aliphatic rings. The second-order valence-corrected chi connectivity index (χ2v) is 7.49. The SMILES string of the molecule is CCCCCCCCC([O])=O.CCCCCCCCC([O])=O.[CH2]CCC.[CH2]CCC.[Sn]. The van der Waals surface area contributed by atoms with Crippen molar-refractivity contribution in [2.75, 3.05) is 0 Å². The van der Waals surface area contributed by atoms with Crippen LogP contribution in [0.25, 0.3) is 0 Å². The van der Waals surface area contributed by atoms with Gasteiger partial charge in [-0.15, -0.1) is 0 Å². The molecular weight excluding hydrogens is 495 g/mol. The van der Waals surface area contributed by atoms with E-state index in [1.165, 1.54) is 64.2 Å². The molecule has 0 saturated heterocycles. The van der Waals surface area contributed by atoms with Gasteiger partial charge in [0, 0.05) is 23.9 Å². The van der Waals surface area contributed by atoms with Gasteiger partial charge < -0.3 is 0 Å². The van der Waals surface area contributed by atoms with Crippen molar-refractivity contribution in [2.24, 2.45) is 0 Å². The summed E-state index contributed by atoms with van der Waals surface area (Å²) in [6.07, 6.45) is 18.5. The zero-order valence-corrected chi connectivity index (χ0v) is 24.1. The van der Waals surface area contributed by atoms with Crippen molar-refractivity contribution in [1.82, 2.24) is 0 Å². The van der Waals surface area contributed by atoms with E-state index in [9.17, 15) is 19.8 Å². The molecule has 0 spiro atoms. The van der Waals surface area contributed by atoms with E-state index < -0.39 is 11.9 Å². The monoisotopic (exact) mass is 548 g/mol. The molecule has 0 atom stereocenters. The summed E-state index contributed by atoms with van der Waals surface area (Å²) in [5, 5.41) is 20.0. The van der Waals surface area contributed by atoms with Gasteiger partial charge in [-0.2, -0.15) is 0 Å². The molecule has 0 rings (SSSR count). The second-order valence-electron chi connectivity index (χ2n) is 7.49. The number of carbonyl (C=O) groups is 2. The number of rotatable bonds is 16. The molecule has 0 aromatic carbocycles. The Morgan fingerprint density at radius 1 is 0.484 bits per heavy atom. The molecule has 31 heavy (non-hydrogen) atoms. The zero-order chi connectivity index (χ0) is 23.9. The molecule has 0 aromatic heterocycles. The summed E-state index contributed by atoms with van der Waals surface area (Å²) in [5.41, 5.74) is 0. The molecule has 0 aromatic rings. The molecule has 184 valence electrons. The fourth-order valence-corrected chi connectivity index (χ4v) is 2.10. The van der Waals surface area contributed by atoms with Gasteiger partial charge in [-0.1, -0.05) is 131 Å².